The fraction of sp³-hybridized carbons (Fsp3) is 0.348. The van der Waals surface area contributed by atoms with Crippen LogP contribution < -0.4 is 0 Å². The average molecular weight is 330 g/mol. The smallest absolute Gasteiger partial charge is 0.339 e. The van der Waals surface area contributed by atoms with Gasteiger partial charge in [0.15, 0.2) is 0 Å². The summed E-state index contributed by atoms with van der Waals surface area (Å²) in [5, 5.41) is 4.15. The van der Waals surface area contributed by atoms with Crippen LogP contribution in [0.1, 0.15) is 43.0 Å². The topological polar surface area (TPSA) is 26.3 Å². The molecule has 3 atom stereocenters. The molecule has 3 aromatic rings. The minimum Gasteiger partial charge on any atom is -0.455 e. The zero-order chi connectivity index (χ0) is 17.0. The van der Waals surface area contributed by atoms with Gasteiger partial charge in [-0.25, -0.2) is 4.79 Å². The van der Waals surface area contributed by atoms with E-state index in [2.05, 4.69) is 25.1 Å². The van der Waals surface area contributed by atoms with Gasteiger partial charge in [-0.15, -0.1) is 0 Å². The fourth-order valence-electron chi connectivity index (χ4n) is 5.18. The number of benzene rings is 3. The van der Waals surface area contributed by atoms with Gasteiger partial charge in [-0.05, 0) is 72.1 Å². The molecular weight excluding hydrogens is 308 g/mol. The predicted octanol–water partition coefficient (Wildman–Crippen LogP) is 5.73. The number of carbonyl (C=O) groups excluding carboxylic acids is 1. The molecule has 2 bridgehead atoms. The van der Waals surface area contributed by atoms with E-state index in [4.69, 9.17) is 4.74 Å². The van der Waals surface area contributed by atoms with Crippen LogP contribution in [-0.4, -0.2) is 11.6 Å². The molecular formula is C23H22O2. The lowest BCUT2D eigenvalue weighted by Gasteiger charge is -2.33. The van der Waals surface area contributed by atoms with Gasteiger partial charge in [-0.3, -0.25) is 0 Å². The normalized spacial score (nSPS) is 27.9. The SMILES string of the molecule is C[C@]1(OC(=O)c2c3ccccc3cc3ccccc23)C[C@@H]2CC[C@H]1C2. The molecule has 0 radical (unpaired) electrons. The van der Waals surface area contributed by atoms with E-state index in [-0.39, 0.29) is 11.6 Å². The molecule has 0 spiro atoms. The van der Waals surface area contributed by atoms with Crippen molar-refractivity contribution in [2.75, 3.05) is 0 Å². The maximum absolute atomic E-state index is 13.3. The van der Waals surface area contributed by atoms with Crippen LogP contribution in [0.25, 0.3) is 21.5 Å². The highest BCUT2D eigenvalue weighted by atomic mass is 16.6. The molecule has 0 amide bonds. The van der Waals surface area contributed by atoms with Crippen LogP contribution >= 0.6 is 0 Å². The molecule has 2 aliphatic carbocycles. The Hall–Kier alpha value is -2.35. The number of ether oxygens (including phenoxy) is 1. The highest BCUT2D eigenvalue weighted by molar-refractivity contribution is 6.16. The molecule has 2 heteroatoms. The van der Waals surface area contributed by atoms with E-state index < -0.39 is 0 Å². The lowest BCUT2D eigenvalue weighted by atomic mass is 9.85. The standard InChI is InChI=1S/C23H22O2/c1-23(14-15-10-11-18(23)12-15)25-22(24)21-19-8-4-2-6-16(19)13-17-7-3-5-9-20(17)21/h2-9,13,15,18H,10-12,14H2,1H3/t15-,18+,23+/m1/s1. The molecule has 0 saturated heterocycles. The Morgan fingerprint density at radius 3 is 2.20 bits per heavy atom. The number of hydrogen-bond acceptors (Lipinski definition) is 2. The second-order valence-electron chi connectivity index (χ2n) is 7.98. The second-order valence-corrected chi connectivity index (χ2v) is 7.98. The van der Waals surface area contributed by atoms with E-state index in [1.54, 1.807) is 0 Å². The number of carbonyl (C=O) groups is 1. The van der Waals surface area contributed by atoms with Crippen molar-refractivity contribution in [1.82, 2.24) is 0 Å². The Morgan fingerprint density at radius 1 is 1.00 bits per heavy atom. The van der Waals surface area contributed by atoms with Gasteiger partial charge in [-0.1, -0.05) is 48.5 Å². The van der Waals surface area contributed by atoms with Crippen LogP contribution in [0.5, 0.6) is 0 Å². The Labute approximate surface area is 147 Å². The van der Waals surface area contributed by atoms with Gasteiger partial charge in [0.05, 0.1) is 5.56 Å². The molecule has 0 unspecified atom stereocenters. The first-order chi connectivity index (χ1) is 12.1. The summed E-state index contributed by atoms with van der Waals surface area (Å²) in [5.74, 6) is 1.11. The molecule has 25 heavy (non-hydrogen) atoms. The minimum absolute atomic E-state index is 0.164. The Balaban J connectivity index is 1.64. The summed E-state index contributed by atoms with van der Waals surface area (Å²) < 4.78 is 6.20. The van der Waals surface area contributed by atoms with Crippen LogP contribution in [0, 0.1) is 11.8 Å². The van der Waals surface area contributed by atoms with E-state index in [1.807, 2.05) is 36.4 Å². The molecule has 0 aliphatic heterocycles. The van der Waals surface area contributed by atoms with Crippen molar-refractivity contribution in [2.45, 2.75) is 38.2 Å². The number of rotatable bonds is 2. The molecule has 0 aromatic heterocycles. The van der Waals surface area contributed by atoms with E-state index in [9.17, 15) is 4.79 Å². The van der Waals surface area contributed by atoms with Gasteiger partial charge in [0, 0.05) is 0 Å². The van der Waals surface area contributed by atoms with Gasteiger partial charge in [0.25, 0.3) is 0 Å². The number of fused-ring (bicyclic) bond motifs is 4. The highest BCUT2D eigenvalue weighted by Gasteiger charge is 2.50. The third-order valence-corrected chi connectivity index (χ3v) is 6.40. The summed E-state index contributed by atoms with van der Waals surface area (Å²) in [7, 11) is 0. The van der Waals surface area contributed by atoms with Gasteiger partial charge in [-0.2, -0.15) is 0 Å². The van der Waals surface area contributed by atoms with E-state index in [0.29, 0.717) is 5.92 Å². The van der Waals surface area contributed by atoms with Crippen LogP contribution in [0.4, 0.5) is 0 Å². The van der Waals surface area contributed by atoms with Crippen LogP contribution in [0.3, 0.4) is 0 Å². The largest absolute Gasteiger partial charge is 0.455 e. The molecule has 2 nitrogen and oxygen atoms in total. The van der Waals surface area contributed by atoms with Crippen molar-refractivity contribution in [2.24, 2.45) is 11.8 Å². The van der Waals surface area contributed by atoms with Crippen molar-refractivity contribution < 1.29 is 9.53 Å². The summed E-state index contributed by atoms with van der Waals surface area (Å²) in [5.41, 5.74) is 0.426. The Morgan fingerprint density at radius 2 is 1.64 bits per heavy atom. The van der Waals surface area contributed by atoms with Crippen molar-refractivity contribution in [3.8, 4) is 0 Å². The van der Waals surface area contributed by atoms with Gasteiger partial charge < -0.3 is 4.74 Å². The first kappa shape index (κ1) is 14.9. The third kappa shape index (κ3) is 2.27. The first-order valence-electron chi connectivity index (χ1n) is 9.28. The average Bonchev–Trinajstić information content (AvgIpc) is 3.19. The summed E-state index contributed by atoms with van der Waals surface area (Å²) in [4.78, 5) is 13.3. The molecule has 2 saturated carbocycles. The summed E-state index contributed by atoms with van der Waals surface area (Å²) in [6.07, 6.45) is 4.74. The molecule has 2 aliphatic rings. The number of hydrogen-bond donors (Lipinski definition) is 0. The first-order valence-corrected chi connectivity index (χ1v) is 9.28. The van der Waals surface area contributed by atoms with Gasteiger partial charge >= 0.3 is 5.97 Å². The fourth-order valence-corrected chi connectivity index (χ4v) is 5.18. The van der Waals surface area contributed by atoms with Crippen molar-refractivity contribution in [3.05, 3.63) is 60.2 Å². The van der Waals surface area contributed by atoms with Crippen LogP contribution in [0.15, 0.2) is 54.6 Å². The summed E-state index contributed by atoms with van der Waals surface area (Å²) in [6.45, 7) is 2.14. The Kier molecular flexibility index (Phi) is 3.18. The van der Waals surface area contributed by atoms with Crippen LogP contribution in [-0.2, 0) is 4.74 Å². The molecule has 5 rings (SSSR count). The predicted molar refractivity (Wildman–Crippen MR) is 101 cm³/mol. The van der Waals surface area contributed by atoms with Crippen LogP contribution in [0.2, 0.25) is 0 Å². The summed E-state index contributed by atoms with van der Waals surface area (Å²) >= 11 is 0. The monoisotopic (exact) mass is 330 g/mol. The molecule has 2 fully saturated rings. The second kappa shape index (κ2) is 5.32. The minimum atomic E-state index is -0.294. The third-order valence-electron chi connectivity index (χ3n) is 6.40. The summed E-state index contributed by atoms with van der Waals surface area (Å²) in [6, 6.07) is 18.4. The molecule has 0 heterocycles. The van der Waals surface area contributed by atoms with Crippen molar-refractivity contribution in [1.29, 1.82) is 0 Å². The Bertz CT molecular complexity index is 936. The maximum atomic E-state index is 13.3. The zero-order valence-electron chi connectivity index (χ0n) is 14.5. The lowest BCUT2D eigenvalue weighted by molar-refractivity contribution is -0.0366. The van der Waals surface area contributed by atoms with Gasteiger partial charge in [0.2, 0.25) is 0 Å². The van der Waals surface area contributed by atoms with E-state index in [0.717, 1.165) is 39.4 Å². The maximum Gasteiger partial charge on any atom is 0.339 e. The van der Waals surface area contributed by atoms with Crippen molar-refractivity contribution >= 4 is 27.5 Å². The lowest BCUT2D eigenvalue weighted by Crippen LogP contribution is -2.37. The van der Waals surface area contributed by atoms with Crippen molar-refractivity contribution in [3.63, 3.8) is 0 Å². The molecule has 126 valence electrons. The number of esters is 1. The zero-order valence-corrected chi connectivity index (χ0v) is 14.5. The quantitative estimate of drug-likeness (QED) is 0.443. The van der Waals surface area contributed by atoms with Gasteiger partial charge in [0.1, 0.15) is 5.60 Å². The van der Waals surface area contributed by atoms with E-state index in [1.165, 1.54) is 19.3 Å². The molecule has 0 N–H and O–H groups in total. The molecule has 3 aromatic carbocycles. The highest BCUT2D eigenvalue weighted by Crippen LogP contribution is 2.52. The van der Waals surface area contributed by atoms with E-state index >= 15 is 0 Å².